The summed E-state index contributed by atoms with van der Waals surface area (Å²) in [5.41, 5.74) is 0. The summed E-state index contributed by atoms with van der Waals surface area (Å²) in [6.45, 7) is 7.60. The summed E-state index contributed by atoms with van der Waals surface area (Å²) < 4.78 is 5.48. The maximum Gasteiger partial charge on any atom is 0.305 e. The molecule has 0 unspecified atom stereocenters. The lowest BCUT2D eigenvalue weighted by Crippen LogP contribution is -2.05. The maximum atomic E-state index is 12.0. The Hall–Kier alpha value is -0.790. The molecule has 316 valence electrons. The van der Waals surface area contributed by atoms with Gasteiger partial charge in [-0.2, -0.15) is 0 Å². The van der Waals surface area contributed by atoms with Gasteiger partial charge in [0.05, 0.1) is 6.61 Å². The highest BCUT2D eigenvalue weighted by atomic mass is 16.5. The van der Waals surface area contributed by atoms with Crippen LogP contribution in [0.5, 0.6) is 0 Å². The van der Waals surface area contributed by atoms with Crippen LogP contribution in [0.2, 0.25) is 0 Å². The Balaban J connectivity index is 3.15. The van der Waals surface area contributed by atoms with Crippen LogP contribution in [-0.4, -0.2) is 12.6 Å². The number of allylic oxidation sites excluding steroid dienone is 2. The van der Waals surface area contributed by atoms with Gasteiger partial charge < -0.3 is 4.74 Å². The molecule has 2 nitrogen and oxygen atoms in total. The van der Waals surface area contributed by atoms with Gasteiger partial charge in [-0.1, -0.05) is 264 Å². The Morgan fingerprint density at radius 1 is 0.377 bits per heavy atom. The molecule has 0 radical (unpaired) electrons. The van der Waals surface area contributed by atoms with E-state index >= 15 is 0 Å². The molecule has 2 heteroatoms. The number of hydrogen-bond acceptors (Lipinski definition) is 2. The molecule has 0 aliphatic rings. The smallest absolute Gasteiger partial charge is 0.305 e. The molecule has 0 fully saturated rings. The van der Waals surface area contributed by atoms with Gasteiger partial charge in [0, 0.05) is 6.42 Å². The number of esters is 1. The van der Waals surface area contributed by atoms with Gasteiger partial charge >= 0.3 is 5.97 Å². The Morgan fingerprint density at radius 3 is 1.00 bits per heavy atom. The van der Waals surface area contributed by atoms with E-state index in [4.69, 9.17) is 4.74 Å². The lowest BCUT2D eigenvalue weighted by molar-refractivity contribution is -0.143. The van der Waals surface area contributed by atoms with Gasteiger partial charge in [0.1, 0.15) is 0 Å². The van der Waals surface area contributed by atoms with Crippen molar-refractivity contribution in [1.29, 1.82) is 0 Å². The molecule has 0 saturated heterocycles. The SMILES string of the molecule is CCCCCCCC/C=C\CCCCCCCC(=O)OCCCCCCCCCCCCCCCCCCCCCCCCCCCCCCC(C)C. The molecule has 0 rings (SSSR count). The summed E-state index contributed by atoms with van der Waals surface area (Å²) >= 11 is 0. The van der Waals surface area contributed by atoms with Crippen molar-refractivity contribution < 1.29 is 9.53 Å². The predicted octanol–water partition coefficient (Wildman–Crippen LogP) is 18.5. The van der Waals surface area contributed by atoms with Gasteiger partial charge in [0.15, 0.2) is 0 Å². The molecule has 0 saturated carbocycles. The minimum absolute atomic E-state index is 0.0212. The summed E-state index contributed by atoms with van der Waals surface area (Å²) in [5.74, 6) is 0.909. The molecule has 0 aliphatic carbocycles. The second-order valence-corrected chi connectivity index (χ2v) is 17.6. The van der Waals surface area contributed by atoms with Crippen LogP contribution in [0, 0.1) is 5.92 Å². The van der Waals surface area contributed by atoms with E-state index in [0.717, 1.165) is 25.2 Å². The van der Waals surface area contributed by atoms with Crippen molar-refractivity contribution in [2.45, 2.75) is 297 Å². The van der Waals surface area contributed by atoms with Crippen LogP contribution >= 0.6 is 0 Å². The van der Waals surface area contributed by atoms with Crippen molar-refractivity contribution in [3.8, 4) is 0 Å². The third-order valence-electron chi connectivity index (χ3n) is 11.6. The average Bonchev–Trinajstić information content (AvgIpc) is 3.15. The van der Waals surface area contributed by atoms with E-state index in [1.807, 2.05) is 0 Å². The summed E-state index contributed by atoms with van der Waals surface area (Å²) in [5, 5.41) is 0. The molecule has 0 aliphatic heterocycles. The van der Waals surface area contributed by atoms with Crippen LogP contribution in [0.1, 0.15) is 297 Å². The Kier molecular flexibility index (Phi) is 46.7. The largest absolute Gasteiger partial charge is 0.466 e. The number of rotatable bonds is 46. The molecule has 0 aromatic rings. The van der Waals surface area contributed by atoms with Crippen LogP contribution < -0.4 is 0 Å². The van der Waals surface area contributed by atoms with Crippen molar-refractivity contribution in [3.05, 3.63) is 12.2 Å². The standard InChI is InChI=1S/C51H100O2/c1-4-5-6-7-8-9-10-11-26-30-33-36-39-42-45-48-51(52)53-49-46-43-40-37-34-31-28-25-23-21-19-17-15-13-12-14-16-18-20-22-24-27-29-32-35-38-41-44-47-50(2)3/h11,26,50H,4-10,12-25,27-49H2,1-3H3/b26-11-. The van der Waals surface area contributed by atoms with E-state index in [1.54, 1.807) is 0 Å². The fourth-order valence-electron chi connectivity index (χ4n) is 7.85. The van der Waals surface area contributed by atoms with Crippen molar-refractivity contribution in [2.75, 3.05) is 6.61 Å². The van der Waals surface area contributed by atoms with Crippen LogP contribution in [0.4, 0.5) is 0 Å². The second kappa shape index (κ2) is 47.4. The number of ether oxygens (including phenoxy) is 1. The Labute approximate surface area is 336 Å². The van der Waals surface area contributed by atoms with E-state index < -0.39 is 0 Å². The quantitative estimate of drug-likeness (QED) is 0.0352. The fourth-order valence-corrected chi connectivity index (χ4v) is 7.85. The number of hydrogen-bond donors (Lipinski definition) is 0. The Bertz CT molecular complexity index is 696. The molecule has 0 atom stereocenters. The zero-order valence-corrected chi connectivity index (χ0v) is 37.2. The molecule has 53 heavy (non-hydrogen) atoms. The third-order valence-corrected chi connectivity index (χ3v) is 11.6. The summed E-state index contributed by atoms with van der Waals surface area (Å²) in [7, 11) is 0. The minimum atomic E-state index is 0.0212. The minimum Gasteiger partial charge on any atom is -0.466 e. The first-order valence-electron chi connectivity index (χ1n) is 25.0. The average molecular weight is 745 g/mol. The van der Waals surface area contributed by atoms with Gasteiger partial charge in [-0.3, -0.25) is 4.79 Å². The summed E-state index contributed by atoms with van der Waals surface area (Å²) in [6, 6.07) is 0. The van der Waals surface area contributed by atoms with Gasteiger partial charge in [0.25, 0.3) is 0 Å². The van der Waals surface area contributed by atoms with Crippen molar-refractivity contribution in [3.63, 3.8) is 0 Å². The molecule has 0 aromatic carbocycles. The molecule has 0 aromatic heterocycles. The van der Waals surface area contributed by atoms with Gasteiger partial charge in [-0.05, 0) is 44.4 Å². The second-order valence-electron chi connectivity index (χ2n) is 17.6. The monoisotopic (exact) mass is 745 g/mol. The molecular formula is C51H100O2. The zero-order chi connectivity index (χ0) is 38.4. The van der Waals surface area contributed by atoms with E-state index in [0.29, 0.717) is 13.0 Å². The maximum absolute atomic E-state index is 12.0. The van der Waals surface area contributed by atoms with E-state index in [9.17, 15) is 4.79 Å². The molecule has 0 bridgehead atoms. The van der Waals surface area contributed by atoms with Crippen molar-refractivity contribution in [1.82, 2.24) is 0 Å². The first-order chi connectivity index (χ1) is 26.2. The zero-order valence-electron chi connectivity index (χ0n) is 37.2. The van der Waals surface area contributed by atoms with Crippen molar-refractivity contribution in [2.24, 2.45) is 5.92 Å². The topological polar surface area (TPSA) is 26.3 Å². The van der Waals surface area contributed by atoms with Crippen LogP contribution in [0.3, 0.4) is 0 Å². The van der Waals surface area contributed by atoms with E-state index in [-0.39, 0.29) is 5.97 Å². The first-order valence-corrected chi connectivity index (χ1v) is 25.0. The number of carbonyl (C=O) groups excluding carboxylic acids is 1. The highest BCUT2D eigenvalue weighted by Gasteiger charge is 2.03. The lowest BCUT2D eigenvalue weighted by atomic mass is 10.0. The summed E-state index contributed by atoms with van der Waals surface area (Å²) in [6.07, 6.45) is 63.5. The third kappa shape index (κ3) is 49.2. The first kappa shape index (κ1) is 52.2. The normalized spacial score (nSPS) is 11.8. The van der Waals surface area contributed by atoms with E-state index in [1.165, 1.54) is 250 Å². The number of unbranched alkanes of at least 4 members (excludes halogenated alkanes) is 38. The lowest BCUT2D eigenvalue weighted by Gasteiger charge is -2.06. The molecule has 0 amide bonds. The highest BCUT2D eigenvalue weighted by molar-refractivity contribution is 5.69. The number of carbonyl (C=O) groups is 1. The Morgan fingerprint density at radius 2 is 0.660 bits per heavy atom. The molecule has 0 spiro atoms. The van der Waals surface area contributed by atoms with Gasteiger partial charge in [-0.25, -0.2) is 0 Å². The van der Waals surface area contributed by atoms with Crippen molar-refractivity contribution >= 4 is 5.97 Å². The van der Waals surface area contributed by atoms with Crippen LogP contribution in [0.15, 0.2) is 12.2 Å². The molecule has 0 N–H and O–H groups in total. The highest BCUT2D eigenvalue weighted by Crippen LogP contribution is 2.17. The van der Waals surface area contributed by atoms with Crippen LogP contribution in [0.25, 0.3) is 0 Å². The predicted molar refractivity (Wildman–Crippen MR) is 239 cm³/mol. The van der Waals surface area contributed by atoms with E-state index in [2.05, 4.69) is 32.9 Å². The summed E-state index contributed by atoms with van der Waals surface area (Å²) in [4.78, 5) is 12.0. The van der Waals surface area contributed by atoms with Gasteiger partial charge in [-0.15, -0.1) is 0 Å². The van der Waals surface area contributed by atoms with Crippen LogP contribution in [-0.2, 0) is 9.53 Å². The molecule has 0 heterocycles. The fraction of sp³-hybridized carbons (Fsp3) is 0.941. The molecular weight excluding hydrogens is 645 g/mol. The van der Waals surface area contributed by atoms with Gasteiger partial charge in [0.2, 0.25) is 0 Å².